The Morgan fingerprint density at radius 2 is 1.31 bits per heavy atom. The Kier molecular flexibility index (Phi) is 5.44. The van der Waals surface area contributed by atoms with Gasteiger partial charge in [0, 0.05) is 16.5 Å². The van der Waals surface area contributed by atoms with Crippen molar-refractivity contribution in [3.05, 3.63) is 84.2 Å². The Balaban J connectivity index is 2.25. The molecule has 0 atom stereocenters. The topological polar surface area (TPSA) is 12.0 Å². The van der Waals surface area contributed by atoms with Gasteiger partial charge in [-0.1, -0.05) is 60.7 Å². The van der Waals surface area contributed by atoms with Crippen molar-refractivity contribution in [3.8, 4) is 0 Å². The molecule has 3 rings (SSSR count). The van der Waals surface area contributed by atoms with Crippen molar-refractivity contribution < 1.29 is 4.39 Å². The van der Waals surface area contributed by atoms with E-state index in [9.17, 15) is 4.39 Å². The van der Waals surface area contributed by atoms with Crippen molar-refractivity contribution in [2.75, 3.05) is 5.32 Å². The van der Waals surface area contributed by atoms with E-state index in [4.69, 9.17) is 0 Å². The molecule has 3 heteroatoms. The fraction of sp³-hybridized carbons (Fsp3) is 0.217. The third kappa shape index (κ3) is 4.31. The van der Waals surface area contributed by atoms with Crippen LogP contribution in [0.1, 0.15) is 26.3 Å². The zero-order valence-electron chi connectivity index (χ0n) is 15.8. The highest BCUT2D eigenvalue weighted by Crippen LogP contribution is 2.37. The summed E-state index contributed by atoms with van der Waals surface area (Å²) in [6, 6.07) is 24.1. The highest BCUT2D eigenvalue weighted by Gasteiger charge is 2.23. The predicted octanol–water partition coefficient (Wildman–Crippen LogP) is 5.10. The number of nitrogens with one attached hydrogen (secondary N) is 1. The summed E-state index contributed by atoms with van der Waals surface area (Å²) in [5, 5.41) is 7.08. The molecule has 1 nitrogen and oxygen atoms in total. The molecular formula is C23H25FNP. The molecule has 26 heavy (non-hydrogen) atoms. The summed E-state index contributed by atoms with van der Waals surface area (Å²) in [6.07, 6.45) is 0. The van der Waals surface area contributed by atoms with Crippen LogP contribution in [0, 0.1) is 12.7 Å². The van der Waals surface area contributed by atoms with E-state index in [0.717, 1.165) is 16.6 Å². The summed E-state index contributed by atoms with van der Waals surface area (Å²) in [5.74, 6) is -0.184. The second-order valence-corrected chi connectivity index (χ2v) is 9.68. The lowest BCUT2D eigenvalue weighted by Gasteiger charge is -2.29. The van der Waals surface area contributed by atoms with E-state index in [0.29, 0.717) is 0 Å². The molecule has 0 unspecified atom stereocenters. The van der Waals surface area contributed by atoms with E-state index in [1.165, 1.54) is 10.6 Å². The molecule has 0 aliphatic heterocycles. The van der Waals surface area contributed by atoms with Crippen LogP contribution >= 0.6 is 7.92 Å². The average Bonchev–Trinajstić information content (AvgIpc) is 2.59. The summed E-state index contributed by atoms with van der Waals surface area (Å²) >= 11 is 0. The smallest absolute Gasteiger partial charge is 0.124 e. The lowest BCUT2D eigenvalue weighted by Crippen LogP contribution is -2.32. The Bertz CT molecular complexity index is 830. The van der Waals surface area contributed by atoms with Crippen LogP contribution in [0.5, 0.6) is 0 Å². The van der Waals surface area contributed by atoms with Crippen LogP contribution in [0.2, 0.25) is 0 Å². The van der Waals surface area contributed by atoms with Crippen LogP contribution in [0.25, 0.3) is 0 Å². The minimum Gasteiger partial charge on any atom is -0.380 e. The normalized spacial score (nSPS) is 11.6. The van der Waals surface area contributed by atoms with Crippen molar-refractivity contribution >= 4 is 29.5 Å². The molecule has 0 aliphatic rings. The summed E-state index contributed by atoms with van der Waals surface area (Å²) in [4.78, 5) is 0. The van der Waals surface area contributed by atoms with Gasteiger partial charge in [0.2, 0.25) is 0 Å². The van der Waals surface area contributed by atoms with Crippen molar-refractivity contribution in [3.63, 3.8) is 0 Å². The minimum atomic E-state index is -0.855. The number of hydrogen-bond donors (Lipinski definition) is 1. The minimum absolute atomic E-state index is 0.105. The fourth-order valence-electron chi connectivity index (χ4n) is 3.02. The van der Waals surface area contributed by atoms with Gasteiger partial charge in [-0.3, -0.25) is 0 Å². The second kappa shape index (κ2) is 7.60. The van der Waals surface area contributed by atoms with Gasteiger partial charge in [-0.05, 0) is 63.9 Å². The van der Waals surface area contributed by atoms with Gasteiger partial charge in [0.1, 0.15) is 5.82 Å². The van der Waals surface area contributed by atoms with Gasteiger partial charge in [-0.2, -0.15) is 0 Å². The molecule has 0 saturated heterocycles. The first-order valence-electron chi connectivity index (χ1n) is 8.84. The SMILES string of the molecule is Cc1cc(F)cc(P(c2ccccc2)c2ccccc2)c1NC(C)(C)C. The molecule has 0 saturated carbocycles. The van der Waals surface area contributed by atoms with E-state index >= 15 is 0 Å². The molecule has 3 aromatic carbocycles. The van der Waals surface area contributed by atoms with E-state index in [1.807, 2.05) is 19.1 Å². The molecule has 0 bridgehead atoms. The Labute approximate surface area is 157 Å². The van der Waals surface area contributed by atoms with Gasteiger partial charge in [0.05, 0.1) is 0 Å². The first-order chi connectivity index (χ1) is 12.3. The van der Waals surface area contributed by atoms with Crippen LogP contribution in [0.4, 0.5) is 10.1 Å². The molecule has 3 aromatic rings. The van der Waals surface area contributed by atoms with Crippen LogP contribution in [-0.2, 0) is 0 Å². The third-order valence-electron chi connectivity index (χ3n) is 4.05. The molecule has 0 fully saturated rings. The number of hydrogen-bond acceptors (Lipinski definition) is 1. The van der Waals surface area contributed by atoms with Crippen molar-refractivity contribution in [1.82, 2.24) is 0 Å². The summed E-state index contributed by atoms with van der Waals surface area (Å²) < 4.78 is 14.4. The summed E-state index contributed by atoms with van der Waals surface area (Å²) in [7, 11) is -0.855. The number of rotatable bonds is 4. The molecule has 0 aromatic heterocycles. The highest BCUT2D eigenvalue weighted by atomic mass is 31.1. The van der Waals surface area contributed by atoms with Gasteiger partial charge >= 0.3 is 0 Å². The molecule has 0 heterocycles. The fourth-order valence-corrected chi connectivity index (χ4v) is 5.52. The Hall–Kier alpha value is -2.18. The van der Waals surface area contributed by atoms with E-state index in [1.54, 1.807) is 12.1 Å². The molecule has 134 valence electrons. The number of benzene rings is 3. The quantitative estimate of drug-likeness (QED) is 0.634. The maximum atomic E-state index is 14.4. The lowest BCUT2D eigenvalue weighted by atomic mass is 10.1. The molecule has 1 N–H and O–H groups in total. The summed E-state index contributed by atoms with van der Waals surface area (Å²) in [6.45, 7) is 8.37. The monoisotopic (exact) mass is 365 g/mol. The van der Waals surface area contributed by atoms with Crippen molar-refractivity contribution in [2.45, 2.75) is 33.2 Å². The van der Waals surface area contributed by atoms with Gasteiger partial charge in [-0.15, -0.1) is 0 Å². The molecule has 0 aliphatic carbocycles. The maximum absolute atomic E-state index is 14.4. The van der Waals surface area contributed by atoms with Crippen LogP contribution in [0.3, 0.4) is 0 Å². The van der Waals surface area contributed by atoms with E-state index in [-0.39, 0.29) is 11.4 Å². The zero-order chi connectivity index (χ0) is 18.7. The summed E-state index contributed by atoms with van der Waals surface area (Å²) in [5.41, 5.74) is 1.87. The van der Waals surface area contributed by atoms with Gasteiger partial charge in [-0.25, -0.2) is 4.39 Å². The van der Waals surface area contributed by atoms with Gasteiger partial charge < -0.3 is 5.32 Å². The second-order valence-electron chi connectivity index (χ2n) is 7.50. The highest BCUT2D eigenvalue weighted by molar-refractivity contribution is 7.80. The lowest BCUT2D eigenvalue weighted by molar-refractivity contribution is 0.622. The third-order valence-corrected chi connectivity index (χ3v) is 6.51. The number of anilines is 1. The first-order valence-corrected chi connectivity index (χ1v) is 10.2. The standard InChI is InChI=1S/C23H25FNP/c1-17-15-18(24)16-21(22(17)25-23(2,3)4)26(19-11-7-5-8-12-19)20-13-9-6-10-14-20/h5-16,25H,1-4H3. The molecular weight excluding hydrogens is 340 g/mol. The van der Waals surface area contributed by atoms with E-state index in [2.05, 4.69) is 74.6 Å². The van der Waals surface area contributed by atoms with Gasteiger partial charge in [0.25, 0.3) is 0 Å². The van der Waals surface area contributed by atoms with Crippen LogP contribution in [0.15, 0.2) is 72.8 Å². The first kappa shape index (κ1) is 18.6. The number of aryl methyl sites for hydroxylation is 1. The average molecular weight is 365 g/mol. The van der Waals surface area contributed by atoms with Crippen LogP contribution < -0.4 is 21.2 Å². The molecule has 0 radical (unpaired) electrons. The van der Waals surface area contributed by atoms with Crippen molar-refractivity contribution in [2.24, 2.45) is 0 Å². The van der Waals surface area contributed by atoms with Crippen molar-refractivity contribution in [1.29, 1.82) is 0 Å². The maximum Gasteiger partial charge on any atom is 0.124 e. The molecule has 0 amide bonds. The van der Waals surface area contributed by atoms with Crippen LogP contribution in [-0.4, -0.2) is 5.54 Å². The Morgan fingerprint density at radius 3 is 1.77 bits per heavy atom. The largest absolute Gasteiger partial charge is 0.380 e. The van der Waals surface area contributed by atoms with Gasteiger partial charge in [0.15, 0.2) is 0 Å². The predicted molar refractivity (Wildman–Crippen MR) is 113 cm³/mol. The van der Waals surface area contributed by atoms with E-state index < -0.39 is 7.92 Å². The number of halogens is 1. The zero-order valence-corrected chi connectivity index (χ0v) is 16.6. The Morgan fingerprint density at radius 1 is 0.808 bits per heavy atom. The molecule has 0 spiro atoms.